The molecule has 0 spiro atoms. The van der Waals surface area contributed by atoms with Gasteiger partial charge in [-0.05, 0) is 29.8 Å². The topological polar surface area (TPSA) is 68.5 Å². The normalized spacial score (nSPS) is 15.8. The quantitative estimate of drug-likeness (QED) is 0.612. The van der Waals surface area contributed by atoms with Crippen LogP contribution in [0.2, 0.25) is 5.02 Å². The molecule has 28 heavy (non-hydrogen) atoms. The van der Waals surface area contributed by atoms with Crippen molar-refractivity contribution in [2.24, 2.45) is 5.16 Å². The molecule has 142 valence electrons. The predicted molar refractivity (Wildman–Crippen MR) is 112 cm³/mol. The van der Waals surface area contributed by atoms with Gasteiger partial charge in [0.1, 0.15) is 0 Å². The van der Waals surface area contributed by atoms with Crippen molar-refractivity contribution >= 4 is 45.0 Å². The highest BCUT2D eigenvalue weighted by atomic mass is 79.9. The summed E-state index contributed by atoms with van der Waals surface area (Å²) in [5.41, 5.74) is 2.74. The lowest BCUT2D eigenvalue weighted by Crippen LogP contribution is -2.28. The van der Waals surface area contributed by atoms with Gasteiger partial charge in [0.15, 0.2) is 5.82 Å². The molecule has 2 aromatic carbocycles. The van der Waals surface area contributed by atoms with E-state index in [1.807, 2.05) is 54.7 Å². The summed E-state index contributed by atoms with van der Waals surface area (Å²) in [7, 11) is 0. The molecule has 8 heteroatoms. The van der Waals surface area contributed by atoms with Crippen LogP contribution in [0.1, 0.15) is 17.5 Å². The van der Waals surface area contributed by atoms with Crippen LogP contribution in [0.3, 0.4) is 0 Å². The summed E-state index contributed by atoms with van der Waals surface area (Å²) in [5, 5.41) is 11.9. The molecule has 3 aromatic rings. The summed E-state index contributed by atoms with van der Waals surface area (Å²) in [6, 6.07) is 17.0. The Labute approximate surface area is 175 Å². The van der Waals surface area contributed by atoms with Crippen LogP contribution in [0.15, 0.2) is 70.4 Å². The zero-order valence-corrected chi connectivity index (χ0v) is 17.0. The van der Waals surface area contributed by atoms with Crippen molar-refractivity contribution in [1.82, 2.24) is 9.78 Å². The number of carbonyl (C=O) groups is 1. The van der Waals surface area contributed by atoms with E-state index in [-0.39, 0.29) is 5.91 Å². The van der Waals surface area contributed by atoms with Crippen LogP contribution in [0, 0.1) is 0 Å². The summed E-state index contributed by atoms with van der Waals surface area (Å²) < 4.78 is 2.70. The number of hydrogen-bond donors (Lipinski definition) is 1. The fourth-order valence-corrected chi connectivity index (χ4v) is 3.38. The van der Waals surface area contributed by atoms with Crippen molar-refractivity contribution in [2.45, 2.75) is 19.1 Å². The average molecular weight is 460 g/mol. The summed E-state index contributed by atoms with van der Waals surface area (Å²) in [6.45, 7) is 0.586. The van der Waals surface area contributed by atoms with Crippen molar-refractivity contribution in [2.75, 3.05) is 5.32 Å². The first-order valence-corrected chi connectivity index (χ1v) is 9.81. The summed E-state index contributed by atoms with van der Waals surface area (Å²) in [6.07, 6.45) is 1.55. The Bertz CT molecular complexity index is 1030. The zero-order chi connectivity index (χ0) is 19.5. The lowest BCUT2D eigenvalue weighted by molar-refractivity contribution is -0.125. The third-order valence-corrected chi connectivity index (χ3v) is 5.01. The lowest BCUT2D eigenvalue weighted by atomic mass is 10.0. The van der Waals surface area contributed by atoms with E-state index in [1.54, 1.807) is 10.7 Å². The highest BCUT2D eigenvalue weighted by molar-refractivity contribution is 9.10. The minimum Gasteiger partial charge on any atom is -0.382 e. The van der Waals surface area contributed by atoms with E-state index in [9.17, 15) is 4.79 Å². The SMILES string of the molecule is O=C(Nc1ccn(Cc2ccc(Cl)cc2)n1)C1CC(c2cccc(Br)c2)=NO1. The first-order valence-electron chi connectivity index (χ1n) is 8.64. The summed E-state index contributed by atoms with van der Waals surface area (Å²) in [4.78, 5) is 17.8. The Balaban J connectivity index is 1.34. The standard InChI is InChI=1S/C20H16BrClN4O2/c21-15-3-1-2-14(10-15)17-11-18(28-25-17)20(27)23-19-8-9-26(24-19)12-13-4-6-16(22)7-5-13/h1-10,18H,11-12H2,(H,23,24,27). The number of halogens is 2. The number of hydrogen-bond acceptors (Lipinski definition) is 4. The largest absolute Gasteiger partial charge is 0.382 e. The number of benzene rings is 2. The molecule has 1 aromatic heterocycles. The maximum atomic E-state index is 12.5. The first-order chi connectivity index (χ1) is 13.6. The van der Waals surface area contributed by atoms with E-state index in [0.717, 1.165) is 21.3 Å². The second kappa shape index (κ2) is 8.16. The molecule has 1 N–H and O–H groups in total. The van der Waals surface area contributed by atoms with Gasteiger partial charge in [0.2, 0.25) is 6.10 Å². The Morgan fingerprint density at radius 2 is 2.07 bits per heavy atom. The molecule has 1 unspecified atom stereocenters. The Hall–Kier alpha value is -2.64. The Morgan fingerprint density at radius 3 is 2.86 bits per heavy atom. The maximum Gasteiger partial charge on any atom is 0.269 e. The molecule has 0 fully saturated rings. The summed E-state index contributed by atoms with van der Waals surface area (Å²) >= 11 is 9.34. The van der Waals surface area contributed by atoms with E-state index in [1.165, 1.54) is 0 Å². The van der Waals surface area contributed by atoms with Gasteiger partial charge in [-0.25, -0.2) is 0 Å². The Morgan fingerprint density at radius 1 is 1.25 bits per heavy atom. The van der Waals surface area contributed by atoms with Gasteiger partial charge in [-0.1, -0.05) is 57.0 Å². The molecular weight excluding hydrogens is 444 g/mol. The predicted octanol–water partition coefficient (Wildman–Crippen LogP) is 4.48. The van der Waals surface area contributed by atoms with E-state index >= 15 is 0 Å². The van der Waals surface area contributed by atoms with Crippen LogP contribution in [-0.4, -0.2) is 27.5 Å². The maximum absolute atomic E-state index is 12.5. The molecule has 1 amide bonds. The van der Waals surface area contributed by atoms with Crippen molar-refractivity contribution in [3.63, 3.8) is 0 Å². The van der Waals surface area contributed by atoms with Gasteiger partial charge in [-0.15, -0.1) is 0 Å². The highest BCUT2D eigenvalue weighted by Gasteiger charge is 2.29. The van der Waals surface area contributed by atoms with Crippen molar-refractivity contribution < 1.29 is 9.63 Å². The molecule has 0 radical (unpaired) electrons. The molecular formula is C20H16BrClN4O2. The van der Waals surface area contributed by atoms with E-state index in [2.05, 4.69) is 31.5 Å². The molecule has 1 atom stereocenters. The van der Waals surface area contributed by atoms with Crippen LogP contribution >= 0.6 is 27.5 Å². The lowest BCUT2D eigenvalue weighted by Gasteiger charge is -2.07. The molecule has 4 rings (SSSR count). The number of rotatable bonds is 5. The van der Waals surface area contributed by atoms with Crippen LogP contribution in [0.4, 0.5) is 5.82 Å². The number of nitrogens with one attached hydrogen (secondary N) is 1. The molecule has 2 heterocycles. The summed E-state index contributed by atoms with van der Waals surface area (Å²) in [5.74, 6) is 0.198. The molecule has 0 aliphatic carbocycles. The Kier molecular flexibility index (Phi) is 5.45. The number of nitrogens with zero attached hydrogens (tertiary/aromatic N) is 3. The first kappa shape index (κ1) is 18.7. The fourth-order valence-electron chi connectivity index (χ4n) is 2.86. The smallest absolute Gasteiger partial charge is 0.269 e. The molecule has 6 nitrogen and oxygen atoms in total. The molecule has 1 aliphatic rings. The van der Waals surface area contributed by atoms with Gasteiger partial charge in [0, 0.05) is 33.7 Å². The van der Waals surface area contributed by atoms with Crippen molar-refractivity contribution in [3.8, 4) is 0 Å². The van der Waals surface area contributed by atoms with E-state index in [0.29, 0.717) is 23.8 Å². The van der Waals surface area contributed by atoms with Crippen LogP contribution in [0.5, 0.6) is 0 Å². The third kappa shape index (κ3) is 4.43. The van der Waals surface area contributed by atoms with Gasteiger partial charge in [-0.2, -0.15) is 5.10 Å². The van der Waals surface area contributed by atoms with Gasteiger partial charge in [0.05, 0.1) is 12.3 Å². The second-order valence-electron chi connectivity index (χ2n) is 6.36. The van der Waals surface area contributed by atoms with Crippen LogP contribution in [-0.2, 0) is 16.2 Å². The number of anilines is 1. The number of carbonyl (C=O) groups excluding carboxylic acids is 1. The highest BCUT2D eigenvalue weighted by Crippen LogP contribution is 2.21. The van der Waals surface area contributed by atoms with E-state index < -0.39 is 6.10 Å². The zero-order valence-electron chi connectivity index (χ0n) is 14.7. The van der Waals surface area contributed by atoms with Crippen molar-refractivity contribution in [3.05, 3.63) is 81.4 Å². The third-order valence-electron chi connectivity index (χ3n) is 4.27. The molecule has 0 saturated heterocycles. The molecule has 0 saturated carbocycles. The van der Waals surface area contributed by atoms with Gasteiger partial charge in [-0.3, -0.25) is 9.48 Å². The minimum atomic E-state index is -0.671. The second-order valence-corrected chi connectivity index (χ2v) is 7.71. The molecule has 1 aliphatic heterocycles. The average Bonchev–Trinajstić information content (AvgIpc) is 3.33. The number of amides is 1. The number of oxime groups is 1. The molecule has 0 bridgehead atoms. The fraction of sp³-hybridized carbons (Fsp3) is 0.150. The monoisotopic (exact) mass is 458 g/mol. The number of aromatic nitrogens is 2. The van der Waals surface area contributed by atoms with Crippen LogP contribution < -0.4 is 5.32 Å². The van der Waals surface area contributed by atoms with Crippen LogP contribution in [0.25, 0.3) is 0 Å². The van der Waals surface area contributed by atoms with Gasteiger partial charge in [0.25, 0.3) is 5.91 Å². The van der Waals surface area contributed by atoms with Crippen molar-refractivity contribution in [1.29, 1.82) is 0 Å². The van der Waals surface area contributed by atoms with Gasteiger partial charge >= 0.3 is 0 Å². The van der Waals surface area contributed by atoms with E-state index in [4.69, 9.17) is 16.4 Å². The minimum absolute atomic E-state index is 0.273. The van der Waals surface area contributed by atoms with Gasteiger partial charge < -0.3 is 10.2 Å².